The van der Waals surface area contributed by atoms with Crippen LogP contribution in [0.1, 0.15) is 43.0 Å². The van der Waals surface area contributed by atoms with Crippen LogP contribution in [0.15, 0.2) is 23.3 Å². The van der Waals surface area contributed by atoms with E-state index in [1.54, 1.807) is 6.07 Å². The summed E-state index contributed by atoms with van der Waals surface area (Å²) in [5.74, 6) is 0.0652. The number of nitrogens with zero attached hydrogens (tertiary/aromatic N) is 1. The molecule has 102 valence electrons. The Morgan fingerprint density at radius 1 is 1.53 bits per heavy atom. The van der Waals surface area contributed by atoms with Gasteiger partial charge in [-0.3, -0.25) is 4.79 Å². The van der Waals surface area contributed by atoms with E-state index < -0.39 is 5.91 Å². The molecule has 0 spiro atoms. The lowest BCUT2D eigenvalue weighted by atomic mass is 9.89. The van der Waals surface area contributed by atoms with Gasteiger partial charge in [-0.1, -0.05) is 18.5 Å². The van der Waals surface area contributed by atoms with Crippen LogP contribution in [-0.2, 0) is 0 Å². The third kappa shape index (κ3) is 3.70. The van der Waals surface area contributed by atoms with Gasteiger partial charge in [-0.2, -0.15) is 5.10 Å². The number of carbonyl (C=O) groups excluding carboxylic acids is 1. The van der Waals surface area contributed by atoms with Crippen LogP contribution in [0.4, 0.5) is 0 Å². The van der Waals surface area contributed by atoms with Gasteiger partial charge in [0.05, 0.1) is 5.56 Å². The summed E-state index contributed by atoms with van der Waals surface area (Å²) in [5.41, 5.74) is 3.69. The molecule has 1 saturated carbocycles. The molecule has 1 aliphatic carbocycles. The molecule has 0 aliphatic heterocycles. The number of halogens is 1. The minimum atomic E-state index is -0.417. The summed E-state index contributed by atoms with van der Waals surface area (Å²) in [6.45, 7) is 2.18. The van der Waals surface area contributed by atoms with Crippen molar-refractivity contribution in [3.8, 4) is 5.75 Å². The van der Waals surface area contributed by atoms with E-state index in [-0.39, 0.29) is 11.3 Å². The van der Waals surface area contributed by atoms with E-state index in [1.807, 2.05) is 0 Å². The molecule has 0 saturated heterocycles. The molecule has 19 heavy (non-hydrogen) atoms. The van der Waals surface area contributed by atoms with Gasteiger partial charge < -0.3 is 5.11 Å². The Labute approximate surface area is 117 Å². The SMILES string of the molecule is C[C@@H]1CCC/C(=N\NC(=O)c2ccc(Cl)cc2O)C1. The zero-order chi connectivity index (χ0) is 13.8. The first-order chi connectivity index (χ1) is 9.06. The van der Waals surface area contributed by atoms with Crippen LogP contribution >= 0.6 is 11.6 Å². The first-order valence-electron chi connectivity index (χ1n) is 6.40. The number of phenols is 1. The zero-order valence-corrected chi connectivity index (χ0v) is 11.6. The summed E-state index contributed by atoms with van der Waals surface area (Å²) in [6.07, 6.45) is 4.18. The van der Waals surface area contributed by atoms with Gasteiger partial charge in [-0.15, -0.1) is 0 Å². The molecule has 2 rings (SSSR count). The largest absolute Gasteiger partial charge is 0.507 e. The molecule has 0 unspecified atom stereocenters. The maximum absolute atomic E-state index is 11.9. The van der Waals surface area contributed by atoms with E-state index in [0.29, 0.717) is 10.9 Å². The van der Waals surface area contributed by atoms with Gasteiger partial charge in [0, 0.05) is 10.7 Å². The van der Waals surface area contributed by atoms with E-state index in [4.69, 9.17) is 11.6 Å². The number of benzene rings is 1. The standard InChI is InChI=1S/C14H17ClN2O2/c1-9-3-2-4-11(7-9)16-17-14(19)12-6-5-10(15)8-13(12)18/h5-6,8-9,18H,2-4,7H2,1H3,(H,17,19)/b16-11+/t9-/m1/s1. The lowest BCUT2D eigenvalue weighted by molar-refractivity contribution is 0.0952. The normalized spacial score (nSPS) is 21.4. The van der Waals surface area contributed by atoms with Crippen molar-refractivity contribution < 1.29 is 9.90 Å². The minimum Gasteiger partial charge on any atom is -0.507 e. The number of phenolic OH excluding ortho intramolecular Hbond substituents is 1. The molecule has 0 radical (unpaired) electrons. The number of aromatic hydroxyl groups is 1. The van der Waals surface area contributed by atoms with Gasteiger partial charge in [-0.25, -0.2) is 5.43 Å². The van der Waals surface area contributed by atoms with Crippen LogP contribution in [-0.4, -0.2) is 16.7 Å². The molecular weight excluding hydrogens is 264 g/mol. The number of rotatable bonds is 2. The maximum Gasteiger partial charge on any atom is 0.275 e. The van der Waals surface area contributed by atoms with Crippen molar-refractivity contribution in [1.29, 1.82) is 0 Å². The number of hydrogen-bond acceptors (Lipinski definition) is 3. The van der Waals surface area contributed by atoms with E-state index in [2.05, 4.69) is 17.5 Å². The Morgan fingerprint density at radius 2 is 2.32 bits per heavy atom. The van der Waals surface area contributed by atoms with E-state index in [9.17, 15) is 9.90 Å². The van der Waals surface area contributed by atoms with Crippen molar-refractivity contribution in [3.05, 3.63) is 28.8 Å². The molecule has 1 aliphatic rings. The highest BCUT2D eigenvalue weighted by Gasteiger charge is 2.15. The van der Waals surface area contributed by atoms with Crippen molar-refractivity contribution in [3.63, 3.8) is 0 Å². The molecule has 1 fully saturated rings. The highest BCUT2D eigenvalue weighted by Crippen LogP contribution is 2.23. The lowest BCUT2D eigenvalue weighted by Crippen LogP contribution is -2.22. The highest BCUT2D eigenvalue weighted by atomic mass is 35.5. The van der Waals surface area contributed by atoms with Gasteiger partial charge in [-0.05, 0) is 49.8 Å². The second kappa shape index (κ2) is 6.06. The quantitative estimate of drug-likeness (QED) is 0.816. The summed E-state index contributed by atoms with van der Waals surface area (Å²) in [7, 11) is 0. The van der Waals surface area contributed by atoms with Crippen molar-refractivity contribution in [2.24, 2.45) is 11.0 Å². The summed E-state index contributed by atoms with van der Waals surface area (Å²) in [5, 5.41) is 14.2. The van der Waals surface area contributed by atoms with Crippen LogP contribution in [0.25, 0.3) is 0 Å². The van der Waals surface area contributed by atoms with Crippen LogP contribution in [0.2, 0.25) is 5.02 Å². The second-order valence-electron chi connectivity index (χ2n) is 4.98. The highest BCUT2D eigenvalue weighted by molar-refractivity contribution is 6.30. The number of hydrazone groups is 1. The first kappa shape index (κ1) is 13.9. The number of hydrogen-bond donors (Lipinski definition) is 2. The molecule has 1 aromatic carbocycles. The van der Waals surface area contributed by atoms with Gasteiger partial charge in [0.25, 0.3) is 5.91 Å². The van der Waals surface area contributed by atoms with E-state index in [0.717, 1.165) is 25.0 Å². The van der Waals surface area contributed by atoms with Gasteiger partial charge in [0.2, 0.25) is 0 Å². The minimum absolute atomic E-state index is 0.137. The maximum atomic E-state index is 11.9. The summed E-state index contributed by atoms with van der Waals surface area (Å²) in [4.78, 5) is 11.9. The summed E-state index contributed by atoms with van der Waals surface area (Å²) in [6, 6.07) is 4.38. The molecule has 5 heteroatoms. The zero-order valence-electron chi connectivity index (χ0n) is 10.8. The van der Waals surface area contributed by atoms with E-state index >= 15 is 0 Å². The molecule has 4 nitrogen and oxygen atoms in total. The molecule has 1 amide bonds. The molecule has 1 aromatic rings. The predicted molar refractivity (Wildman–Crippen MR) is 75.7 cm³/mol. The fourth-order valence-electron chi connectivity index (χ4n) is 2.25. The Bertz CT molecular complexity index is 514. The second-order valence-corrected chi connectivity index (χ2v) is 5.42. The topological polar surface area (TPSA) is 61.7 Å². The van der Waals surface area contributed by atoms with Crippen molar-refractivity contribution in [1.82, 2.24) is 5.43 Å². The number of amides is 1. The van der Waals surface area contributed by atoms with Gasteiger partial charge >= 0.3 is 0 Å². The van der Waals surface area contributed by atoms with Gasteiger partial charge in [0.15, 0.2) is 0 Å². The van der Waals surface area contributed by atoms with Crippen LogP contribution < -0.4 is 5.43 Å². The molecular formula is C14H17ClN2O2. The number of carbonyl (C=O) groups is 1. The summed E-state index contributed by atoms with van der Waals surface area (Å²) >= 11 is 5.72. The van der Waals surface area contributed by atoms with E-state index in [1.165, 1.54) is 18.6 Å². The molecule has 0 bridgehead atoms. The average Bonchev–Trinajstić information content (AvgIpc) is 2.36. The average molecular weight is 281 g/mol. The van der Waals surface area contributed by atoms with Crippen molar-refractivity contribution in [2.75, 3.05) is 0 Å². The van der Waals surface area contributed by atoms with Crippen LogP contribution in [0.5, 0.6) is 5.75 Å². The summed E-state index contributed by atoms with van der Waals surface area (Å²) < 4.78 is 0. The lowest BCUT2D eigenvalue weighted by Gasteiger charge is -2.18. The van der Waals surface area contributed by atoms with Gasteiger partial charge in [0.1, 0.15) is 5.75 Å². The number of nitrogens with one attached hydrogen (secondary N) is 1. The molecule has 0 heterocycles. The Hall–Kier alpha value is -1.55. The molecule has 1 atom stereocenters. The van der Waals surface area contributed by atoms with Crippen LogP contribution in [0.3, 0.4) is 0 Å². The first-order valence-corrected chi connectivity index (χ1v) is 6.78. The molecule has 0 aromatic heterocycles. The van der Waals surface area contributed by atoms with Crippen molar-refractivity contribution in [2.45, 2.75) is 32.6 Å². The Balaban J connectivity index is 2.03. The third-order valence-corrected chi connectivity index (χ3v) is 3.50. The fraction of sp³-hybridized carbons (Fsp3) is 0.429. The Kier molecular flexibility index (Phi) is 4.43. The third-order valence-electron chi connectivity index (χ3n) is 3.27. The smallest absolute Gasteiger partial charge is 0.275 e. The monoisotopic (exact) mass is 280 g/mol. The molecule has 2 N–H and O–H groups in total. The van der Waals surface area contributed by atoms with Crippen LogP contribution in [0, 0.1) is 5.92 Å². The fourth-order valence-corrected chi connectivity index (χ4v) is 2.42. The predicted octanol–water partition coefficient (Wildman–Crippen LogP) is 3.34. The Morgan fingerprint density at radius 3 is 3.00 bits per heavy atom. The van der Waals surface area contributed by atoms with Crippen molar-refractivity contribution >= 4 is 23.2 Å².